The maximum absolute atomic E-state index is 11.6. The number of aromatic nitrogens is 2. The number of amides is 1. The SMILES string of the molecule is NC(=O)c1ccc2c(c1)nc(-c1ccc(-c3ccccc3Cl)o1)n2C1CCCC1. The third kappa shape index (κ3) is 3.12. The Hall–Kier alpha value is -3.05. The maximum Gasteiger partial charge on any atom is 0.248 e. The third-order valence-corrected chi connectivity index (χ3v) is 5.96. The summed E-state index contributed by atoms with van der Waals surface area (Å²) >= 11 is 6.34. The first-order chi connectivity index (χ1) is 14.1. The molecule has 2 aromatic carbocycles. The predicted octanol–water partition coefficient (Wildman–Crippen LogP) is 5.83. The van der Waals surface area contributed by atoms with Crippen LogP contribution in [0.15, 0.2) is 59.0 Å². The van der Waals surface area contributed by atoms with Crippen molar-refractivity contribution in [2.45, 2.75) is 31.7 Å². The van der Waals surface area contributed by atoms with Crippen molar-refractivity contribution in [1.29, 1.82) is 0 Å². The molecule has 2 N–H and O–H groups in total. The van der Waals surface area contributed by atoms with Crippen LogP contribution in [0, 0.1) is 0 Å². The van der Waals surface area contributed by atoms with E-state index in [1.165, 1.54) is 12.8 Å². The van der Waals surface area contributed by atoms with Gasteiger partial charge in [-0.25, -0.2) is 4.98 Å². The summed E-state index contributed by atoms with van der Waals surface area (Å²) in [5.74, 6) is 1.70. The molecule has 1 saturated carbocycles. The van der Waals surface area contributed by atoms with E-state index in [1.54, 1.807) is 12.1 Å². The lowest BCUT2D eigenvalue weighted by Gasteiger charge is -2.15. The fourth-order valence-electron chi connectivity index (χ4n) is 4.22. The molecular formula is C23H20ClN3O2. The molecule has 5 nitrogen and oxygen atoms in total. The number of fused-ring (bicyclic) bond motifs is 1. The van der Waals surface area contributed by atoms with Crippen LogP contribution in [-0.2, 0) is 0 Å². The van der Waals surface area contributed by atoms with Gasteiger partial charge in [-0.2, -0.15) is 0 Å². The Kier molecular flexibility index (Phi) is 4.40. The quantitative estimate of drug-likeness (QED) is 0.464. The Morgan fingerprint density at radius 1 is 1.07 bits per heavy atom. The summed E-state index contributed by atoms with van der Waals surface area (Å²) in [5, 5.41) is 0.642. The number of benzene rings is 2. The Bertz CT molecular complexity index is 1220. The zero-order valence-electron chi connectivity index (χ0n) is 15.8. The molecule has 0 radical (unpaired) electrons. The molecule has 0 aliphatic heterocycles. The van der Waals surface area contributed by atoms with Gasteiger partial charge in [-0.3, -0.25) is 4.79 Å². The van der Waals surface area contributed by atoms with E-state index < -0.39 is 5.91 Å². The van der Waals surface area contributed by atoms with Crippen molar-refractivity contribution >= 4 is 28.5 Å². The number of imidazole rings is 1. The van der Waals surface area contributed by atoms with Crippen molar-refractivity contribution in [3.8, 4) is 22.9 Å². The molecule has 1 aliphatic rings. The number of hydrogen-bond acceptors (Lipinski definition) is 3. The summed E-state index contributed by atoms with van der Waals surface area (Å²) in [4.78, 5) is 16.4. The second kappa shape index (κ2) is 7.08. The molecular weight excluding hydrogens is 386 g/mol. The molecule has 6 heteroatoms. The Labute approximate surface area is 173 Å². The van der Waals surface area contributed by atoms with E-state index in [2.05, 4.69) is 4.57 Å². The lowest BCUT2D eigenvalue weighted by Crippen LogP contribution is -2.10. The van der Waals surface area contributed by atoms with Crippen molar-refractivity contribution in [3.63, 3.8) is 0 Å². The summed E-state index contributed by atoms with van der Waals surface area (Å²) in [6.45, 7) is 0. The molecule has 4 aromatic rings. The molecule has 29 heavy (non-hydrogen) atoms. The summed E-state index contributed by atoms with van der Waals surface area (Å²) < 4.78 is 8.44. The molecule has 5 rings (SSSR count). The van der Waals surface area contributed by atoms with Crippen LogP contribution in [0.3, 0.4) is 0 Å². The smallest absolute Gasteiger partial charge is 0.248 e. The van der Waals surface area contributed by atoms with Gasteiger partial charge in [0.05, 0.1) is 16.1 Å². The summed E-state index contributed by atoms with van der Waals surface area (Å²) in [7, 11) is 0. The van der Waals surface area contributed by atoms with Gasteiger partial charge in [0.25, 0.3) is 0 Å². The van der Waals surface area contributed by atoms with Gasteiger partial charge >= 0.3 is 0 Å². The number of halogens is 1. The Morgan fingerprint density at radius 3 is 2.59 bits per heavy atom. The zero-order valence-corrected chi connectivity index (χ0v) is 16.5. The number of rotatable bonds is 4. The topological polar surface area (TPSA) is 74.1 Å². The first-order valence-corrected chi connectivity index (χ1v) is 10.2. The summed E-state index contributed by atoms with van der Waals surface area (Å²) in [6, 6.07) is 17.3. The van der Waals surface area contributed by atoms with E-state index >= 15 is 0 Å². The van der Waals surface area contributed by atoms with Crippen LogP contribution in [0.2, 0.25) is 5.02 Å². The van der Waals surface area contributed by atoms with E-state index in [0.717, 1.165) is 35.3 Å². The van der Waals surface area contributed by atoms with Gasteiger partial charge in [0, 0.05) is 17.2 Å². The Morgan fingerprint density at radius 2 is 1.83 bits per heavy atom. The van der Waals surface area contributed by atoms with Crippen molar-refractivity contribution in [3.05, 3.63) is 65.2 Å². The number of carbonyl (C=O) groups excluding carboxylic acids is 1. The molecule has 1 aliphatic carbocycles. The van der Waals surface area contributed by atoms with Crippen molar-refractivity contribution in [2.75, 3.05) is 0 Å². The van der Waals surface area contributed by atoms with Gasteiger partial charge in [-0.15, -0.1) is 0 Å². The number of primary amides is 1. The Balaban J connectivity index is 1.67. The molecule has 0 unspecified atom stereocenters. The lowest BCUT2D eigenvalue weighted by atomic mass is 10.1. The van der Waals surface area contributed by atoms with Crippen molar-refractivity contribution in [2.24, 2.45) is 5.73 Å². The molecule has 1 fully saturated rings. The highest BCUT2D eigenvalue weighted by Gasteiger charge is 2.25. The summed E-state index contributed by atoms with van der Waals surface area (Å²) in [6.07, 6.45) is 4.61. The minimum atomic E-state index is -0.456. The van der Waals surface area contributed by atoms with Crippen LogP contribution in [0.5, 0.6) is 0 Å². The average molecular weight is 406 g/mol. The monoisotopic (exact) mass is 405 g/mol. The first kappa shape index (κ1) is 18.0. The minimum Gasteiger partial charge on any atom is -0.453 e. The zero-order chi connectivity index (χ0) is 20.0. The van der Waals surface area contributed by atoms with E-state index in [4.69, 9.17) is 26.7 Å². The van der Waals surface area contributed by atoms with Crippen LogP contribution < -0.4 is 5.73 Å². The number of carbonyl (C=O) groups is 1. The highest BCUT2D eigenvalue weighted by atomic mass is 35.5. The minimum absolute atomic E-state index is 0.364. The van der Waals surface area contributed by atoms with Crippen LogP contribution in [-0.4, -0.2) is 15.5 Å². The van der Waals surface area contributed by atoms with Gasteiger partial charge in [-0.1, -0.05) is 36.6 Å². The standard InChI is InChI=1S/C23H20ClN3O2/c24-17-8-4-3-7-16(17)20-11-12-21(29-20)23-26-18-13-14(22(25)28)9-10-19(18)27(23)15-5-1-2-6-15/h3-4,7-13,15H,1-2,5-6H2,(H2,25,28). The molecule has 0 spiro atoms. The highest BCUT2D eigenvalue weighted by Crippen LogP contribution is 2.39. The molecule has 0 bridgehead atoms. The lowest BCUT2D eigenvalue weighted by molar-refractivity contribution is 0.100. The largest absolute Gasteiger partial charge is 0.453 e. The second-order valence-electron chi connectivity index (χ2n) is 7.46. The molecule has 2 aromatic heterocycles. The van der Waals surface area contributed by atoms with E-state index in [0.29, 0.717) is 28.1 Å². The average Bonchev–Trinajstić information content (AvgIpc) is 3.46. The first-order valence-electron chi connectivity index (χ1n) is 9.79. The van der Waals surface area contributed by atoms with Crippen molar-refractivity contribution in [1.82, 2.24) is 9.55 Å². The third-order valence-electron chi connectivity index (χ3n) is 5.63. The van der Waals surface area contributed by atoms with E-state index in [1.807, 2.05) is 42.5 Å². The van der Waals surface area contributed by atoms with E-state index in [-0.39, 0.29) is 0 Å². The van der Waals surface area contributed by atoms with Crippen LogP contribution in [0.4, 0.5) is 0 Å². The maximum atomic E-state index is 11.6. The molecule has 0 saturated heterocycles. The van der Waals surface area contributed by atoms with Crippen LogP contribution in [0.1, 0.15) is 42.1 Å². The number of furan rings is 1. The van der Waals surface area contributed by atoms with Crippen LogP contribution in [0.25, 0.3) is 33.9 Å². The highest BCUT2D eigenvalue weighted by molar-refractivity contribution is 6.33. The van der Waals surface area contributed by atoms with Crippen LogP contribution >= 0.6 is 11.6 Å². The van der Waals surface area contributed by atoms with Gasteiger partial charge in [-0.05, 0) is 55.3 Å². The van der Waals surface area contributed by atoms with Crippen molar-refractivity contribution < 1.29 is 9.21 Å². The van der Waals surface area contributed by atoms with E-state index in [9.17, 15) is 4.79 Å². The molecule has 1 amide bonds. The second-order valence-corrected chi connectivity index (χ2v) is 7.86. The van der Waals surface area contributed by atoms with Gasteiger partial charge in [0.15, 0.2) is 11.6 Å². The molecule has 2 heterocycles. The number of nitrogens with two attached hydrogens (primary N) is 1. The number of hydrogen-bond donors (Lipinski definition) is 1. The van der Waals surface area contributed by atoms with Gasteiger partial charge in [0.1, 0.15) is 5.76 Å². The fraction of sp³-hybridized carbons (Fsp3) is 0.217. The predicted molar refractivity (Wildman–Crippen MR) is 114 cm³/mol. The molecule has 0 atom stereocenters. The van der Waals surface area contributed by atoms with Gasteiger partial charge in [0.2, 0.25) is 5.91 Å². The summed E-state index contributed by atoms with van der Waals surface area (Å²) in [5.41, 5.74) is 8.50. The normalized spacial score (nSPS) is 14.7. The van der Waals surface area contributed by atoms with Gasteiger partial charge < -0.3 is 14.7 Å². The molecule has 146 valence electrons. The number of nitrogens with zero attached hydrogens (tertiary/aromatic N) is 2. The fourth-order valence-corrected chi connectivity index (χ4v) is 4.45.